The molecule has 1 aliphatic heterocycles. The molecule has 0 bridgehead atoms. The fourth-order valence-electron chi connectivity index (χ4n) is 2.57. The lowest BCUT2D eigenvalue weighted by atomic mass is 10.2. The number of carbonyl (C=O) groups excluding carboxylic acids is 2. The van der Waals surface area contributed by atoms with Crippen LogP contribution in [0, 0.1) is 11.3 Å². The second kappa shape index (κ2) is 10.6. The molecule has 0 spiro atoms. The van der Waals surface area contributed by atoms with E-state index in [4.69, 9.17) is 20.3 Å². The van der Waals surface area contributed by atoms with Gasteiger partial charge in [0.2, 0.25) is 0 Å². The number of likely N-dealkylation sites (tertiary alicyclic amines) is 1. The largest absolute Gasteiger partial charge is 0.449 e. The highest BCUT2D eigenvalue weighted by Gasteiger charge is 2.41. The van der Waals surface area contributed by atoms with Crippen LogP contribution in [-0.4, -0.2) is 47.7 Å². The summed E-state index contributed by atoms with van der Waals surface area (Å²) in [6.07, 6.45) is 1.76. The smallest absolute Gasteiger partial charge is 0.410 e. The van der Waals surface area contributed by atoms with E-state index in [0.717, 1.165) is 5.56 Å². The second-order valence-corrected chi connectivity index (χ2v) is 8.23. The highest BCUT2D eigenvalue weighted by molar-refractivity contribution is 8.76. The van der Waals surface area contributed by atoms with E-state index in [1.54, 1.807) is 51.9 Å². The summed E-state index contributed by atoms with van der Waals surface area (Å²) in [7, 11) is 3.14. The molecule has 0 radical (unpaired) electrons. The topological polar surface area (TPSA) is 128 Å². The Morgan fingerprint density at radius 2 is 2.15 bits per heavy atom. The SMILES string of the molecule is CSS[C@@H]1C[C@@H](C(=O)OCC#N)N(C(=O)OCc2ccc(N=[N+]=[N-])cc2)C1. The Bertz CT molecular complexity index is 761. The number of azide groups is 1. The molecule has 142 valence electrons. The van der Waals surface area contributed by atoms with Crippen molar-refractivity contribution in [2.45, 2.75) is 24.3 Å². The summed E-state index contributed by atoms with van der Waals surface area (Å²) < 4.78 is 10.2. The molecule has 1 aliphatic rings. The van der Waals surface area contributed by atoms with Crippen molar-refractivity contribution in [1.29, 1.82) is 5.26 Å². The first-order chi connectivity index (χ1) is 13.1. The van der Waals surface area contributed by atoms with E-state index in [1.807, 2.05) is 6.26 Å². The lowest BCUT2D eigenvalue weighted by Crippen LogP contribution is -2.41. The predicted octanol–water partition coefficient (Wildman–Crippen LogP) is 3.79. The number of ether oxygens (including phenoxy) is 2. The maximum atomic E-state index is 12.5. The van der Waals surface area contributed by atoms with Gasteiger partial charge < -0.3 is 9.47 Å². The first-order valence-corrected chi connectivity index (χ1v) is 10.5. The Labute approximate surface area is 164 Å². The minimum atomic E-state index is -0.761. The molecule has 0 N–H and O–H groups in total. The van der Waals surface area contributed by atoms with Crippen molar-refractivity contribution in [1.82, 2.24) is 4.90 Å². The maximum Gasteiger partial charge on any atom is 0.410 e. The van der Waals surface area contributed by atoms with Crippen LogP contribution in [-0.2, 0) is 20.9 Å². The lowest BCUT2D eigenvalue weighted by molar-refractivity contribution is -0.147. The Kier molecular flexibility index (Phi) is 8.13. The van der Waals surface area contributed by atoms with Crippen LogP contribution >= 0.6 is 21.6 Å². The molecule has 1 aromatic rings. The van der Waals surface area contributed by atoms with Gasteiger partial charge in [0.15, 0.2) is 6.61 Å². The van der Waals surface area contributed by atoms with E-state index < -0.39 is 18.1 Å². The van der Waals surface area contributed by atoms with E-state index in [0.29, 0.717) is 18.7 Å². The van der Waals surface area contributed by atoms with Crippen molar-refractivity contribution < 1.29 is 19.1 Å². The van der Waals surface area contributed by atoms with Gasteiger partial charge in [-0.1, -0.05) is 51.0 Å². The predicted molar refractivity (Wildman–Crippen MR) is 102 cm³/mol. The molecule has 2 rings (SSSR count). The Morgan fingerprint density at radius 1 is 1.41 bits per heavy atom. The van der Waals surface area contributed by atoms with Crippen molar-refractivity contribution in [3.63, 3.8) is 0 Å². The number of carbonyl (C=O) groups is 2. The quantitative estimate of drug-likeness (QED) is 0.221. The summed E-state index contributed by atoms with van der Waals surface area (Å²) in [4.78, 5) is 28.7. The summed E-state index contributed by atoms with van der Waals surface area (Å²) in [6.45, 7) is 0.0365. The van der Waals surface area contributed by atoms with Gasteiger partial charge in [-0.3, -0.25) is 4.90 Å². The number of amides is 1. The molecule has 27 heavy (non-hydrogen) atoms. The molecule has 0 unspecified atom stereocenters. The number of benzene rings is 1. The number of nitrogens with zero attached hydrogens (tertiary/aromatic N) is 5. The van der Waals surface area contributed by atoms with E-state index >= 15 is 0 Å². The zero-order valence-electron chi connectivity index (χ0n) is 14.5. The molecule has 2 atom stereocenters. The summed E-state index contributed by atoms with van der Waals surface area (Å²) in [5, 5.41) is 12.1. The summed E-state index contributed by atoms with van der Waals surface area (Å²) in [5.74, 6) is -0.601. The molecule has 1 aromatic carbocycles. The third-order valence-corrected chi connectivity index (χ3v) is 5.94. The fraction of sp³-hybridized carbons (Fsp3) is 0.438. The first-order valence-electron chi connectivity index (χ1n) is 7.89. The van der Waals surface area contributed by atoms with E-state index in [2.05, 4.69) is 10.0 Å². The number of hydrogen-bond acceptors (Lipinski definition) is 8. The minimum Gasteiger partial charge on any atom is -0.449 e. The molecule has 0 aliphatic carbocycles. The Hall–Kier alpha value is -2.54. The van der Waals surface area contributed by atoms with Gasteiger partial charge in [0.1, 0.15) is 18.7 Å². The van der Waals surface area contributed by atoms with Gasteiger partial charge in [0, 0.05) is 22.4 Å². The van der Waals surface area contributed by atoms with Crippen LogP contribution in [0.15, 0.2) is 29.4 Å². The molecule has 1 heterocycles. The number of esters is 1. The second-order valence-electron chi connectivity index (χ2n) is 5.47. The molecule has 1 saturated heterocycles. The van der Waals surface area contributed by atoms with Crippen molar-refractivity contribution in [2.75, 3.05) is 19.4 Å². The van der Waals surface area contributed by atoms with Crippen LogP contribution in [0.25, 0.3) is 10.4 Å². The van der Waals surface area contributed by atoms with Gasteiger partial charge in [-0.25, -0.2) is 9.59 Å². The van der Waals surface area contributed by atoms with Gasteiger partial charge in [0.05, 0.1) is 0 Å². The zero-order chi connectivity index (χ0) is 19.6. The molecule has 1 amide bonds. The molecule has 9 nitrogen and oxygen atoms in total. The van der Waals surface area contributed by atoms with E-state index in [1.165, 1.54) is 4.90 Å². The molecular weight excluding hydrogens is 390 g/mol. The third-order valence-electron chi connectivity index (χ3n) is 3.74. The lowest BCUT2D eigenvalue weighted by Gasteiger charge is -2.22. The van der Waals surface area contributed by atoms with Gasteiger partial charge >= 0.3 is 12.1 Å². The maximum absolute atomic E-state index is 12.5. The molecule has 0 aromatic heterocycles. The highest BCUT2D eigenvalue weighted by atomic mass is 33.1. The third kappa shape index (κ3) is 5.99. The van der Waals surface area contributed by atoms with Crippen molar-refractivity contribution in [3.8, 4) is 6.07 Å². The normalized spacial score (nSPS) is 18.3. The van der Waals surface area contributed by atoms with Crippen LogP contribution in [0.4, 0.5) is 10.5 Å². The minimum absolute atomic E-state index is 0.0200. The summed E-state index contributed by atoms with van der Waals surface area (Å²) >= 11 is 0. The molecular formula is C16H17N5O4S2. The van der Waals surface area contributed by atoms with Crippen LogP contribution < -0.4 is 0 Å². The van der Waals surface area contributed by atoms with Crippen molar-refractivity contribution in [2.24, 2.45) is 5.11 Å². The van der Waals surface area contributed by atoms with Gasteiger partial charge in [0.25, 0.3) is 0 Å². The number of nitriles is 1. The van der Waals surface area contributed by atoms with E-state index in [-0.39, 0.29) is 18.5 Å². The Morgan fingerprint density at radius 3 is 2.78 bits per heavy atom. The first kappa shape index (κ1) is 20.8. The fourth-order valence-corrected chi connectivity index (χ4v) is 4.56. The van der Waals surface area contributed by atoms with Crippen molar-refractivity contribution >= 4 is 39.3 Å². The van der Waals surface area contributed by atoms with Crippen LogP contribution in [0.2, 0.25) is 0 Å². The van der Waals surface area contributed by atoms with Gasteiger partial charge in [-0.15, -0.1) is 0 Å². The summed E-state index contributed by atoms with van der Waals surface area (Å²) in [5.41, 5.74) is 9.58. The summed E-state index contributed by atoms with van der Waals surface area (Å²) in [6, 6.07) is 7.59. The molecule has 0 saturated carbocycles. The molecule has 1 fully saturated rings. The van der Waals surface area contributed by atoms with E-state index in [9.17, 15) is 9.59 Å². The van der Waals surface area contributed by atoms with Gasteiger partial charge in [-0.2, -0.15) is 5.26 Å². The monoisotopic (exact) mass is 407 g/mol. The van der Waals surface area contributed by atoms with Crippen molar-refractivity contribution in [3.05, 3.63) is 40.3 Å². The van der Waals surface area contributed by atoms with Crippen LogP contribution in [0.1, 0.15) is 12.0 Å². The molecule has 11 heteroatoms. The standard InChI is InChI=1S/C16H17N5O4S2/c1-26-27-13-8-14(15(22)24-7-6-17)21(9-13)16(23)25-10-11-2-4-12(5-3-11)19-20-18/h2-5,13-14H,7-10H2,1H3/t13-,14+/m1/s1. The average Bonchev–Trinajstić information content (AvgIpc) is 3.10. The number of rotatable bonds is 7. The zero-order valence-corrected chi connectivity index (χ0v) is 16.1. The Balaban J connectivity index is 1.99. The highest BCUT2D eigenvalue weighted by Crippen LogP contribution is 2.34. The number of hydrogen-bond donors (Lipinski definition) is 0. The van der Waals surface area contributed by atoms with Crippen LogP contribution in [0.5, 0.6) is 0 Å². The van der Waals surface area contributed by atoms with Crippen LogP contribution in [0.3, 0.4) is 0 Å². The average molecular weight is 407 g/mol. The van der Waals surface area contributed by atoms with Gasteiger partial charge in [-0.05, 0) is 23.8 Å².